The molecule has 10 heavy (non-hydrogen) atoms. The van der Waals surface area contributed by atoms with E-state index in [0.29, 0.717) is 0 Å². The van der Waals surface area contributed by atoms with Crippen LogP contribution < -0.4 is 0 Å². The Morgan fingerprint density at radius 2 is 2.20 bits per heavy atom. The second-order valence-corrected chi connectivity index (χ2v) is 2.84. The molecule has 0 aliphatic rings. The predicted octanol–water partition coefficient (Wildman–Crippen LogP) is 2.50. The van der Waals surface area contributed by atoms with E-state index in [1.807, 2.05) is 6.92 Å². The van der Waals surface area contributed by atoms with Crippen LogP contribution in [-0.4, -0.2) is 11.2 Å². The van der Waals surface area contributed by atoms with E-state index in [4.69, 9.17) is 5.11 Å². The van der Waals surface area contributed by atoms with E-state index in [2.05, 4.69) is 13.5 Å². The predicted molar refractivity (Wildman–Crippen MR) is 45.0 cm³/mol. The molecule has 1 N–H and O–H groups in total. The minimum absolute atomic E-state index is 0.148. The summed E-state index contributed by atoms with van der Waals surface area (Å²) in [5, 5.41) is 8.91. The molecule has 1 heteroatoms. The largest absolute Gasteiger partial charge is 0.393 e. The number of rotatable bonds is 5. The van der Waals surface area contributed by atoms with Crippen LogP contribution in [0.4, 0.5) is 0 Å². The Bertz CT molecular complexity index is 94.9. The summed E-state index contributed by atoms with van der Waals surface area (Å²) in [4.78, 5) is 0. The Balaban J connectivity index is 3.12. The van der Waals surface area contributed by atoms with Crippen molar-refractivity contribution in [1.29, 1.82) is 0 Å². The molecule has 0 saturated carbocycles. The molecule has 1 nitrogen and oxygen atoms in total. The molecule has 0 spiro atoms. The van der Waals surface area contributed by atoms with E-state index < -0.39 is 0 Å². The van der Waals surface area contributed by atoms with Crippen LogP contribution in [-0.2, 0) is 0 Å². The van der Waals surface area contributed by atoms with Gasteiger partial charge in [-0.05, 0) is 32.6 Å². The minimum Gasteiger partial charge on any atom is -0.393 e. The van der Waals surface area contributed by atoms with Crippen molar-refractivity contribution in [2.45, 2.75) is 45.6 Å². The third kappa shape index (κ3) is 5.83. The average molecular weight is 142 g/mol. The monoisotopic (exact) mass is 142 g/mol. The summed E-state index contributed by atoms with van der Waals surface area (Å²) in [5.41, 5.74) is 1.29. The van der Waals surface area contributed by atoms with E-state index in [-0.39, 0.29) is 6.10 Å². The zero-order valence-corrected chi connectivity index (χ0v) is 7.06. The minimum atomic E-state index is -0.148. The number of hydrogen-bond acceptors (Lipinski definition) is 1. The van der Waals surface area contributed by atoms with Crippen molar-refractivity contribution in [1.82, 2.24) is 0 Å². The topological polar surface area (TPSA) is 20.2 Å². The van der Waals surface area contributed by atoms with Crippen molar-refractivity contribution in [2.24, 2.45) is 0 Å². The van der Waals surface area contributed by atoms with Gasteiger partial charge in [0.1, 0.15) is 0 Å². The molecular weight excluding hydrogens is 124 g/mol. The standard InChI is InChI=1S/C9H18O/c1-4-8(2)6-5-7-9(3)10/h9-10H,2,4-7H2,1,3H3. The van der Waals surface area contributed by atoms with Gasteiger partial charge in [-0.1, -0.05) is 19.1 Å². The molecule has 1 unspecified atom stereocenters. The number of aliphatic hydroxyl groups is 1. The molecule has 0 heterocycles. The van der Waals surface area contributed by atoms with Gasteiger partial charge >= 0.3 is 0 Å². The number of hydrogen-bond donors (Lipinski definition) is 1. The van der Waals surface area contributed by atoms with Gasteiger partial charge in [0.2, 0.25) is 0 Å². The summed E-state index contributed by atoms with van der Waals surface area (Å²) in [7, 11) is 0. The fourth-order valence-electron chi connectivity index (χ4n) is 0.824. The first-order valence-corrected chi connectivity index (χ1v) is 4.01. The second-order valence-electron chi connectivity index (χ2n) is 2.84. The number of allylic oxidation sites excluding steroid dienone is 1. The Morgan fingerprint density at radius 3 is 2.60 bits per heavy atom. The van der Waals surface area contributed by atoms with Gasteiger partial charge in [0.15, 0.2) is 0 Å². The lowest BCUT2D eigenvalue weighted by Crippen LogP contribution is -1.98. The van der Waals surface area contributed by atoms with Crippen molar-refractivity contribution in [3.05, 3.63) is 12.2 Å². The van der Waals surface area contributed by atoms with Gasteiger partial charge in [-0.25, -0.2) is 0 Å². The first-order valence-electron chi connectivity index (χ1n) is 4.01. The van der Waals surface area contributed by atoms with Crippen LogP contribution in [0.15, 0.2) is 12.2 Å². The molecule has 0 rings (SSSR count). The molecule has 0 radical (unpaired) electrons. The third-order valence-electron chi connectivity index (χ3n) is 1.65. The molecule has 0 aliphatic heterocycles. The van der Waals surface area contributed by atoms with E-state index >= 15 is 0 Å². The Kier molecular flexibility index (Phi) is 5.32. The molecule has 60 valence electrons. The van der Waals surface area contributed by atoms with Crippen LogP contribution in [0.3, 0.4) is 0 Å². The molecule has 0 aromatic heterocycles. The summed E-state index contributed by atoms with van der Waals surface area (Å²) < 4.78 is 0. The fraction of sp³-hybridized carbons (Fsp3) is 0.778. The molecule has 0 aromatic carbocycles. The van der Waals surface area contributed by atoms with Gasteiger partial charge in [-0.15, -0.1) is 0 Å². The van der Waals surface area contributed by atoms with Crippen molar-refractivity contribution >= 4 is 0 Å². The Hall–Kier alpha value is -0.300. The summed E-state index contributed by atoms with van der Waals surface area (Å²) in [6, 6.07) is 0. The molecule has 0 aromatic rings. The van der Waals surface area contributed by atoms with Crippen LogP contribution in [0, 0.1) is 0 Å². The lowest BCUT2D eigenvalue weighted by atomic mass is 10.1. The zero-order valence-electron chi connectivity index (χ0n) is 7.06. The quantitative estimate of drug-likeness (QED) is 0.585. The lowest BCUT2D eigenvalue weighted by molar-refractivity contribution is 0.181. The summed E-state index contributed by atoms with van der Waals surface area (Å²) >= 11 is 0. The van der Waals surface area contributed by atoms with Gasteiger partial charge in [-0.2, -0.15) is 0 Å². The zero-order chi connectivity index (χ0) is 7.98. The first kappa shape index (κ1) is 9.70. The third-order valence-corrected chi connectivity index (χ3v) is 1.65. The van der Waals surface area contributed by atoms with Crippen LogP contribution >= 0.6 is 0 Å². The normalized spacial score (nSPS) is 13.1. The van der Waals surface area contributed by atoms with Gasteiger partial charge in [0.25, 0.3) is 0 Å². The van der Waals surface area contributed by atoms with Crippen LogP contribution in [0.5, 0.6) is 0 Å². The maximum atomic E-state index is 8.91. The van der Waals surface area contributed by atoms with Gasteiger partial charge in [0, 0.05) is 0 Å². The van der Waals surface area contributed by atoms with Crippen molar-refractivity contribution in [3.63, 3.8) is 0 Å². The Labute approximate surface area is 63.8 Å². The SMILES string of the molecule is C=C(CC)CCCC(C)O. The van der Waals surface area contributed by atoms with E-state index in [0.717, 1.165) is 25.7 Å². The average Bonchev–Trinajstić information content (AvgIpc) is 1.87. The second kappa shape index (κ2) is 5.48. The van der Waals surface area contributed by atoms with Gasteiger partial charge in [0.05, 0.1) is 6.10 Å². The van der Waals surface area contributed by atoms with E-state index in [1.165, 1.54) is 5.57 Å². The molecule has 0 fully saturated rings. The van der Waals surface area contributed by atoms with Gasteiger partial charge < -0.3 is 5.11 Å². The summed E-state index contributed by atoms with van der Waals surface area (Å²) in [6.07, 6.45) is 3.97. The van der Waals surface area contributed by atoms with E-state index in [1.54, 1.807) is 0 Å². The van der Waals surface area contributed by atoms with Crippen molar-refractivity contribution in [3.8, 4) is 0 Å². The molecule has 0 aliphatic carbocycles. The smallest absolute Gasteiger partial charge is 0.0512 e. The maximum absolute atomic E-state index is 8.91. The summed E-state index contributed by atoms with van der Waals surface area (Å²) in [6.45, 7) is 7.83. The summed E-state index contributed by atoms with van der Waals surface area (Å²) in [5.74, 6) is 0. The first-order chi connectivity index (χ1) is 4.66. The molecule has 0 amide bonds. The van der Waals surface area contributed by atoms with Crippen molar-refractivity contribution in [2.75, 3.05) is 0 Å². The highest BCUT2D eigenvalue weighted by Crippen LogP contribution is 2.09. The highest BCUT2D eigenvalue weighted by molar-refractivity contribution is 4.91. The van der Waals surface area contributed by atoms with Gasteiger partial charge in [-0.3, -0.25) is 0 Å². The van der Waals surface area contributed by atoms with Crippen LogP contribution in [0.2, 0.25) is 0 Å². The van der Waals surface area contributed by atoms with Crippen molar-refractivity contribution < 1.29 is 5.11 Å². The molecule has 0 saturated heterocycles. The van der Waals surface area contributed by atoms with Crippen LogP contribution in [0.25, 0.3) is 0 Å². The number of aliphatic hydroxyl groups excluding tert-OH is 1. The highest BCUT2D eigenvalue weighted by Gasteiger charge is 1.95. The molecule has 1 atom stereocenters. The molecular formula is C9H18O. The Morgan fingerprint density at radius 1 is 1.60 bits per heavy atom. The highest BCUT2D eigenvalue weighted by atomic mass is 16.3. The molecule has 0 bridgehead atoms. The van der Waals surface area contributed by atoms with Crippen LogP contribution in [0.1, 0.15) is 39.5 Å². The van der Waals surface area contributed by atoms with E-state index in [9.17, 15) is 0 Å². The fourth-order valence-corrected chi connectivity index (χ4v) is 0.824. The maximum Gasteiger partial charge on any atom is 0.0512 e. The lowest BCUT2D eigenvalue weighted by Gasteiger charge is -2.03.